The van der Waals surface area contributed by atoms with Crippen LogP contribution in [0.1, 0.15) is 34.3 Å². The van der Waals surface area contributed by atoms with Gasteiger partial charge in [0.1, 0.15) is 18.9 Å². The second-order valence-corrected chi connectivity index (χ2v) is 7.39. The van der Waals surface area contributed by atoms with Crippen molar-refractivity contribution in [1.82, 2.24) is 0 Å². The Morgan fingerprint density at radius 2 is 1.57 bits per heavy atom. The van der Waals surface area contributed by atoms with Gasteiger partial charge in [0.05, 0.1) is 6.04 Å². The fourth-order valence-corrected chi connectivity index (χ4v) is 3.49. The predicted molar refractivity (Wildman–Crippen MR) is 109 cm³/mol. The Balaban J connectivity index is 1.41. The number of anilines is 1. The monoisotopic (exact) mass is 375 g/mol. The quantitative estimate of drug-likeness (QED) is 0.647. The van der Waals surface area contributed by atoms with Gasteiger partial charge in [0.2, 0.25) is 0 Å². The van der Waals surface area contributed by atoms with Crippen molar-refractivity contribution in [3.05, 3.63) is 101 Å². The Labute approximate surface area is 164 Å². The fraction of sp³-hybridized carbons (Fsp3) is 0.208. The van der Waals surface area contributed by atoms with Gasteiger partial charge in [-0.25, -0.2) is 4.39 Å². The van der Waals surface area contributed by atoms with Crippen LogP contribution in [0.3, 0.4) is 0 Å². The Hall–Kier alpha value is -2.98. The second kappa shape index (κ2) is 8.36. The Morgan fingerprint density at radius 1 is 0.893 bits per heavy atom. The zero-order valence-electron chi connectivity index (χ0n) is 15.7. The van der Waals surface area contributed by atoms with Crippen LogP contribution in [-0.2, 0) is 13.1 Å². The van der Waals surface area contributed by atoms with Gasteiger partial charge in [-0.1, -0.05) is 48.5 Å². The van der Waals surface area contributed by atoms with Crippen molar-refractivity contribution >= 4 is 11.6 Å². The minimum Gasteiger partial charge on any atom is -0.325 e. The molecule has 4 rings (SSSR count). The largest absolute Gasteiger partial charge is 0.325 e. The summed E-state index contributed by atoms with van der Waals surface area (Å²) in [5.74, 6) is -0.246. The molecule has 1 saturated carbocycles. The zero-order valence-corrected chi connectivity index (χ0v) is 15.7. The first-order valence-corrected chi connectivity index (χ1v) is 9.72. The molecular weight excluding hydrogens is 351 g/mol. The first-order chi connectivity index (χ1) is 13.7. The summed E-state index contributed by atoms with van der Waals surface area (Å²) in [5, 5.41) is 2.90. The van der Waals surface area contributed by atoms with Gasteiger partial charge in [0.25, 0.3) is 5.91 Å². The summed E-state index contributed by atoms with van der Waals surface area (Å²) >= 11 is 0. The van der Waals surface area contributed by atoms with Crippen molar-refractivity contribution in [1.29, 1.82) is 0 Å². The van der Waals surface area contributed by atoms with Gasteiger partial charge in [0.15, 0.2) is 0 Å². The van der Waals surface area contributed by atoms with E-state index in [9.17, 15) is 9.18 Å². The van der Waals surface area contributed by atoms with Crippen LogP contribution < -0.4 is 10.2 Å². The predicted octanol–water partition coefficient (Wildman–Crippen LogP) is 3.83. The molecule has 0 bridgehead atoms. The van der Waals surface area contributed by atoms with Gasteiger partial charge in [0, 0.05) is 35.2 Å². The lowest BCUT2D eigenvalue weighted by molar-refractivity contribution is -0.938. The Bertz CT molecular complexity index is 936. The fourth-order valence-electron chi connectivity index (χ4n) is 3.49. The number of quaternary nitrogens is 1. The van der Waals surface area contributed by atoms with Crippen LogP contribution in [0.15, 0.2) is 78.9 Å². The standard InChI is InChI=1S/C24H23FN2O/c25-23-9-5-4-6-20(23)17-27(22-14-15-22)16-18-10-12-19(13-11-18)24(28)26-21-7-2-1-3-8-21/h1-13,22H,14-17H2,(H,26,28)/p+1. The topological polar surface area (TPSA) is 33.5 Å². The van der Waals surface area contributed by atoms with Crippen LogP contribution in [0, 0.1) is 5.82 Å². The van der Waals surface area contributed by atoms with E-state index >= 15 is 0 Å². The normalized spacial score (nSPS) is 14.5. The third kappa shape index (κ3) is 4.65. The second-order valence-electron chi connectivity index (χ2n) is 7.39. The van der Waals surface area contributed by atoms with E-state index in [2.05, 4.69) is 5.32 Å². The summed E-state index contributed by atoms with van der Waals surface area (Å²) in [6.07, 6.45) is 2.39. The molecule has 1 fully saturated rings. The van der Waals surface area contributed by atoms with Gasteiger partial charge in [-0.15, -0.1) is 0 Å². The molecule has 4 heteroatoms. The number of carbonyl (C=O) groups excluding carboxylic acids is 1. The van der Waals surface area contributed by atoms with E-state index in [1.807, 2.05) is 66.7 Å². The lowest BCUT2D eigenvalue weighted by Gasteiger charge is -2.20. The summed E-state index contributed by atoms with van der Waals surface area (Å²) in [6, 6.07) is 24.8. The van der Waals surface area contributed by atoms with Crippen molar-refractivity contribution in [3.8, 4) is 0 Å². The zero-order chi connectivity index (χ0) is 19.3. The number of hydrogen-bond acceptors (Lipinski definition) is 1. The first kappa shape index (κ1) is 18.4. The van der Waals surface area contributed by atoms with Crippen molar-refractivity contribution in [2.45, 2.75) is 32.0 Å². The summed E-state index contributed by atoms with van der Waals surface area (Å²) in [6.45, 7) is 1.52. The number of benzene rings is 3. The van der Waals surface area contributed by atoms with Crippen LogP contribution in [0.2, 0.25) is 0 Å². The van der Waals surface area contributed by atoms with Crippen LogP contribution in [0.25, 0.3) is 0 Å². The molecule has 0 aromatic heterocycles. The number of nitrogens with one attached hydrogen (secondary N) is 2. The molecule has 3 aromatic carbocycles. The molecule has 0 aliphatic heterocycles. The van der Waals surface area contributed by atoms with Crippen LogP contribution >= 0.6 is 0 Å². The number of rotatable bonds is 7. The molecule has 1 atom stereocenters. The van der Waals surface area contributed by atoms with Gasteiger partial charge >= 0.3 is 0 Å². The number of hydrogen-bond donors (Lipinski definition) is 2. The molecule has 0 spiro atoms. The minimum atomic E-state index is -0.131. The highest BCUT2D eigenvalue weighted by Gasteiger charge is 2.33. The summed E-state index contributed by atoms with van der Waals surface area (Å²) in [5.41, 5.74) is 3.35. The third-order valence-corrected chi connectivity index (χ3v) is 5.21. The molecule has 28 heavy (non-hydrogen) atoms. The lowest BCUT2D eigenvalue weighted by atomic mass is 10.1. The third-order valence-electron chi connectivity index (χ3n) is 5.21. The maximum absolute atomic E-state index is 14.0. The molecule has 142 valence electrons. The molecule has 0 heterocycles. The summed E-state index contributed by atoms with van der Waals surface area (Å²) in [7, 11) is 0. The van der Waals surface area contributed by atoms with Crippen molar-refractivity contribution in [3.63, 3.8) is 0 Å². The van der Waals surface area contributed by atoms with E-state index in [1.54, 1.807) is 6.07 Å². The molecule has 1 aliphatic rings. The van der Waals surface area contributed by atoms with Crippen LogP contribution in [0.4, 0.5) is 10.1 Å². The number of para-hydroxylation sites is 1. The molecule has 3 aromatic rings. The molecule has 1 unspecified atom stereocenters. The van der Waals surface area contributed by atoms with Crippen LogP contribution in [0.5, 0.6) is 0 Å². The smallest absolute Gasteiger partial charge is 0.255 e. The first-order valence-electron chi connectivity index (χ1n) is 9.72. The van der Waals surface area contributed by atoms with Gasteiger partial charge in [-0.05, 0) is 30.3 Å². The number of halogens is 1. The molecule has 1 amide bonds. The highest BCUT2D eigenvalue weighted by atomic mass is 19.1. The summed E-state index contributed by atoms with van der Waals surface area (Å²) in [4.78, 5) is 13.8. The molecule has 0 radical (unpaired) electrons. The van der Waals surface area contributed by atoms with Crippen LogP contribution in [-0.4, -0.2) is 11.9 Å². The van der Waals surface area contributed by atoms with Crippen molar-refractivity contribution in [2.24, 2.45) is 0 Å². The van der Waals surface area contributed by atoms with E-state index < -0.39 is 0 Å². The average molecular weight is 375 g/mol. The highest BCUT2D eigenvalue weighted by molar-refractivity contribution is 6.04. The Kier molecular flexibility index (Phi) is 5.49. The molecule has 2 N–H and O–H groups in total. The maximum atomic E-state index is 14.0. The lowest BCUT2D eigenvalue weighted by Crippen LogP contribution is -3.10. The van der Waals surface area contributed by atoms with Crippen molar-refractivity contribution < 1.29 is 14.1 Å². The SMILES string of the molecule is O=C(Nc1ccccc1)c1ccc(C[NH+](Cc2ccccc2F)C2CC2)cc1. The molecule has 0 saturated heterocycles. The minimum absolute atomic E-state index is 0.115. The van der Waals surface area contributed by atoms with E-state index in [0.29, 0.717) is 18.2 Å². The van der Waals surface area contributed by atoms with E-state index in [-0.39, 0.29) is 11.7 Å². The molecule has 3 nitrogen and oxygen atoms in total. The average Bonchev–Trinajstić information content (AvgIpc) is 3.56. The van der Waals surface area contributed by atoms with Crippen molar-refractivity contribution in [2.75, 3.05) is 5.32 Å². The molecular formula is C24H24FN2O+. The highest BCUT2D eigenvalue weighted by Crippen LogP contribution is 2.17. The Morgan fingerprint density at radius 3 is 2.25 bits per heavy atom. The van der Waals surface area contributed by atoms with E-state index in [0.717, 1.165) is 23.4 Å². The van der Waals surface area contributed by atoms with Gasteiger partial charge < -0.3 is 10.2 Å². The summed E-state index contributed by atoms with van der Waals surface area (Å²) < 4.78 is 14.0. The van der Waals surface area contributed by atoms with E-state index in [4.69, 9.17) is 0 Å². The number of carbonyl (C=O) groups is 1. The molecule has 1 aliphatic carbocycles. The maximum Gasteiger partial charge on any atom is 0.255 e. The van der Waals surface area contributed by atoms with Gasteiger partial charge in [-0.2, -0.15) is 0 Å². The number of amides is 1. The van der Waals surface area contributed by atoms with E-state index in [1.165, 1.54) is 23.8 Å². The van der Waals surface area contributed by atoms with Gasteiger partial charge in [-0.3, -0.25) is 4.79 Å².